The number of hydrogen-bond donors (Lipinski definition) is 1. The number of esters is 1. The molecule has 1 aromatic rings. The molecule has 1 N–H and O–H groups in total. The maximum absolute atomic E-state index is 12.1. The lowest BCUT2D eigenvalue weighted by molar-refractivity contribution is -0.148. The summed E-state index contributed by atoms with van der Waals surface area (Å²) in [6.07, 6.45) is 2.66. The molecule has 0 radical (unpaired) electrons. The van der Waals surface area contributed by atoms with Gasteiger partial charge in [-0.05, 0) is 51.5 Å². The van der Waals surface area contributed by atoms with Crippen molar-refractivity contribution in [2.45, 2.75) is 33.2 Å². The van der Waals surface area contributed by atoms with E-state index >= 15 is 0 Å². The van der Waals surface area contributed by atoms with Crippen molar-refractivity contribution in [3.8, 4) is 11.5 Å². The second kappa shape index (κ2) is 11.4. The molecule has 0 bridgehead atoms. The molecule has 0 spiro atoms. The zero-order chi connectivity index (χ0) is 22.9. The van der Waals surface area contributed by atoms with Crippen molar-refractivity contribution in [3.63, 3.8) is 0 Å². The largest absolute Gasteiger partial charge is 0.491 e. The van der Waals surface area contributed by atoms with Gasteiger partial charge in [-0.2, -0.15) is 0 Å². The summed E-state index contributed by atoms with van der Waals surface area (Å²) in [5.74, 6) is -0.646. The molecule has 0 heterocycles. The van der Waals surface area contributed by atoms with E-state index < -0.39 is 24.0 Å². The Balaban J connectivity index is 2.63. The molecule has 0 fully saturated rings. The van der Waals surface area contributed by atoms with Gasteiger partial charge in [0.2, 0.25) is 5.91 Å². The Morgan fingerprint density at radius 1 is 1.23 bits per heavy atom. The Morgan fingerprint density at radius 2 is 1.90 bits per heavy atom. The van der Waals surface area contributed by atoms with Crippen LogP contribution < -0.4 is 14.8 Å². The summed E-state index contributed by atoms with van der Waals surface area (Å²) in [4.78, 5) is 37.0. The van der Waals surface area contributed by atoms with E-state index in [9.17, 15) is 14.4 Å². The first-order valence-corrected chi connectivity index (χ1v) is 9.74. The van der Waals surface area contributed by atoms with Crippen LogP contribution in [0.25, 0.3) is 6.08 Å². The molecule has 9 heteroatoms. The molecule has 0 aliphatic carbocycles. The second-order valence-corrected chi connectivity index (χ2v) is 7.86. The van der Waals surface area contributed by atoms with Gasteiger partial charge < -0.3 is 24.4 Å². The molecular formula is C21H29ClN2O6. The van der Waals surface area contributed by atoms with Gasteiger partial charge in [0.05, 0.1) is 25.3 Å². The molecule has 0 aliphatic heterocycles. The number of nitrogens with zero attached hydrogens (tertiary/aromatic N) is 1. The predicted octanol–water partition coefficient (Wildman–Crippen LogP) is 2.68. The Hall–Kier alpha value is -2.74. The Labute approximate surface area is 182 Å². The van der Waals surface area contributed by atoms with Crippen LogP contribution in [0.3, 0.4) is 0 Å². The SMILES string of the molecule is CCOc1cc(/C=C/C(=O)OCC(=O)N(C)CC(=O)NC(C)(C)C)cc(Cl)c1OC. The van der Waals surface area contributed by atoms with E-state index in [1.807, 2.05) is 27.7 Å². The highest BCUT2D eigenvalue weighted by Crippen LogP contribution is 2.36. The van der Waals surface area contributed by atoms with E-state index in [1.54, 1.807) is 12.1 Å². The average Bonchev–Trinajstić information content (AvgIpc) is 2.62. The number of carbonyl (C=O) groups excluding carboxylic acids is 3. The number of rotatable bonds is 9. The smallest absolute Gasteiger partial charge is 0.331 e. The lowest BCUT2D eigenvalue weighted by Gasteiger charge is -2.23. The van der Waals surface area contributed by atoms with Crippen molar-refractivity contribution >= 4 is 35.5 Å². The highest BCUT2D eigenvalue weighted by molar-refractivity contribution is 6.32. The van der Waals surface area contributed by atoms with Crippen LogP contribution in [0.2, 0.25) is 5.02 Å². The van der Waals surface area contributed by atoms with Crippen LogP contribution in [0.15, 0.2) is 18.2 Å². The summed E-state index contributed by atoms with van der Waals surface area (Å²) in [6, 6.07) is 3.28. The second-order valence-electron chi connectivity index (χ2n) is 7.46. The molecule has 8 nitrogen and oxygen atoms in total. The minimum Gasteiger partial charge on any atom is -0.491 e. The molecular weight excluding hydrogens is 412 g/mol. The summed E-state index contributed by atoms with van der Waals surface area (Å²) >= 11 is 6.17. The van der Waals surface area contributed by atoms with Crippen molar-refractivity contribution in [1.29, 1.82) is 0 Å². The normalized spacial score (nSPS) is 11.2. The predicted molar refractivity (Wildman–Crippen MR) is 115 cm³/mol. The standard InChI is InChI=1S/C21H29ClN2O6/c1-7-29-16-11-14(10-15(22)20(16)28-6)8-9-19(27)30-13-18(26)24(5)12-17(25)23-21(2,3)4/h8-11H,7,12-13H2,1-6H3,(H,23,25)/b9-8+. The van der Waals surface area contributed by atoms with Crippen molar-refractivity contribution in [3.05, 3.63) is 28.8 Å². The molecule has 2 amide bonds. The zero-order valence-corrected chi connectivity index (χ0v) is 19.0. The van der Waals surface area contributed by atoms with Crippen molar-refractivity contribution in [2.75, 3.05) is 33.9 Å². The minimum absolute atomic E-state index is 0.131. The number of amides is 2. The number of ether oxygens (including phenoxy) is 3. The fourth-order valence-electron chi connectivity index (χ4n) is 2.36. The van der Waals surface area contributed by atoms with Crippen LogP contribution >= 0.6 is 11.6 Å². The number of nitrogens with one attached hydrogen (secondary N) is 1. The molecule has 0 saturated carbocycles. The number of methoxy groups -OCH3 is 1. The third kappa shape index (κ3) is 8.73. The summed E-state index contributed by atoms with van der Waals surface area (Å²) < 4.78 is 15.6. The lowest BCUT2D eigenvalue weighted by Crippen LogP contribution is -2.46. The first kappa shape index (κ1) is 25.3. The van der Waals surface area contributed by atoms with Crippen LogP contribution in [-0.2, 0) is 19.1 Å². The fourth-order valence-corrected chi connectivity index (χ4v) is 2.66. The molecule has 0 unspecified atom stereocenters. The van der Waals surface area contributed by atoms with Crippen molar-refractivity contribution < 1.29 is 28.6 Å². The van der Waals surface area contributed by atoms with Gasteiger partial charge >= 0.3 is 5.97 Å². The van der Waals surface area contributed by atoms with E-state index in [0.29, 0.717) is 28.7 Å². The third-order valence-electron chi connectivity index (χ3n) is 3.61. The summed E-state index contributed by atoms with van der Waals surface area (Å²) in [5, 5.41) is 3.09. The molecule has 0 saturated heterocycles. The molecule has 1 aromatic carbocycles. The molecule has 1 rings (SSSR count). The van der Waals surface area contributed by atoms with Crippen molar-refractivity contribution in [1.82, 2.24) is 10.2 Å². The van der Waals surface area contributed by atoms with Gasteiger partial charge in [0.1, 0.15) is 0 Å². The Bertz CT molecular complexity index is 801. The van der Waals surface area contributed by atoms with Crippen LogP contribution in [0.4, 0.5) is 0 Å². The Morgan fingerprint density at radius 3 is 2.47 bits per heavy atom. The van der Waals surface area contributed by atoms with Crippen LogP contribution in [0.1, 0.15) is 33.3 Å². The van der Waals surface area contributed by atoms with E-state index in [1.165, 1.54) is 31.2 Å². The molecule has 0 aliphatic rings. The third-order valence-corrected chi connectivity index (χ3v) is 3.89. The van der Waals surface area contributed by atoms with Crippen LogP contribution in [0, 0.1) is 0 Å². The first-order chi connectivity index (χ1) is 14.0. The van der Waals surface area contributed by atoms with Gasteiger partial charge in [0.15, 0.2) is 18.1 Å². The van der Waals surface area contributed by atoms with Gasteiger partial charge in [-0.25, -0.2) is 4.79 Å². The quantitative estimate of drug-likeness (QED) is 0.468. The maximum Gasteiger partial charge on any atom is 0.331 e. The van der Waals surface area contributed by atoms with Gasteiger partial charge in [-0.15, -0.1) is 0 Å². The minimum atomic E-state index is -0.708. The van der Waals surface area contributed by atoms with Crippen LogP contribution in [0.5, 0.6) is 11.5 Å². The summed E-state index contributed by atoms with van der Waals surface area (Å²) in [7, 11) is 2.94. The van der Waals surface area contributed by atoms with Gasteiger partial charge in [-0.3, -0.25) is 9.59 Å². The molecule has 166 valence electrons. The topological polar surface area (TPSA) is 94.2 Å². The van der Waals surface area contributed by atoms with Crippen LogP contribution in [-0.4, -0.2) is 62.1 Å². The highest BCUT2D eigenvalue weighted by atomic mass is 35.5. The summed E-state index contributed by atoms with van der Waals surface area (Å²) in [6.45, 7) is 7.17. The molecule has 30 heavy (non-hydrogen) atoms. The summed E-state index contributed by atoms with van der Waals surface area (Å²) in [5.41, 5.74) is 0.202. The lowest BCUT2D eigenvalue weighted by atomic mass is 10.1. The fraction of sp³-hybridized carbons (Fsp3) is 0.476. The number of benzene rings is 1. The molecule has 0 atom stereocenters. The first-order valence-electron chi connectivity index (χ1n) is 9.37. The van der Waals surface area contributed by atoms with Crippen molar-refractivity contribution in [2.24, 2.45) is 0 Å². The monoisotopic (exact) mass is 440 g/mol. The van der Waals surface area contributed by atoms with Gasteiger partial charge in [-0.1, -0.05) is 11.6 Å². The van der Waals surface area contributed by atoms with Gasteiger partial charge in [0.25, 0.3) is 5.91 Å². The maximum atomic E-state index is 12.1. The number of carbonyl (C=O) groups is 3. The van der Waals surface area contributed by atoms with Gasteiger partial charge in [0, 0.05) is 18.7 Å². The van der Waals surface area contributed by atoms with E-state index in [-0.39, 0.29) is 12.5 Å². The molecule has 0 aromatic heterocycles. The Kier molecular flexibility index (Phi) is 9.65. The highest BCUT2D eigenvalue weighted by Gasteiger charge is 2.18. The number of hydrogen-bond acceptors (Lipinski definition) is 6. The number of halogens is 1. The van der Waals surface area contributed by atoms with E-state index in [2.05, 4.69) is 5.32 Å². The zero-order valence-electron chi connectivity index (χ0n) is 18.2. The number of likely N-dealkylation sites (N-methyl/N-ethyl adjacent to an activating group) is 1. The van der Waals surface area contributed by atoms with E-state index in [0.717, 1.165) is 0 Å². The average molecular weight is 441 g/mol. The van der Waals surface area contributed by atoms with E-state index in [4.69, 9.17) is 25.8 Å².